The Balaban J connectivity index is 1.95. The monoisotopic (exact) mass is 339 g/mol. The molecule has 0 radical (unpaired) electrons. The lowest BCUT2D eigenvalue weighted by molar-refractivity contribution is 0.101. The molecular formula is C15H18ClN3O2S. The maximum atomic E-state index is 12.1. The molecule has 5 nitrogen and oxygen atoms in total. The molecule has 118 valence electrons. The maximum absolute atomic E-state index is 12.1. The predicted octanol–water partition coefficient (Wildman–Crippen LogP) is 3.69. The molecule has 1 aromatic heterocycles. The van der Waals surface area contributed by atoms with E-state index >= 15 is 0 Å². The smallest absolute Gasteiger partial charge is 0.206 e. The van der Waals surface area contributed by atoms with Gasteiger partial charge in [0.25, 0.3) is 0 Å². The quantitative estimate of drug-likeness (QED) is 0.779. The number of aromatic nitrogens is 2. The molecule has 0 spiro atoms. The van der Waals surface area contributed by atoms with Crippen LogP contribution in [0.25, 0.3) is 0 Å². The Kier molecular flexibility index (Phi) is 5.74. The van der Waals surface area contributed by atoms with Crippen LogP contribution in [0, 0.1) is 5.92 Å². The van der Waals surface area contributed by atoms with E-state index in [0.29, 0.717) is 27.4 Å². The van der Waals surface area contributed by atoms with Crippen molar-refractivity contribution in [3.05, 3.63) is 33.8 Å². The Morgan fingerprint density at radius 1 is 1.41 bits per heavy atom. The van der Waals surface area contributed by atoms with E-state index in [9.17, 15) is 4.79 Å². The molecule has 2 rings (SSSR count). The standard InChI is InChI=1S/C15H18ClN3O2S/c1-9(2)6-14-18-19-15(22-14)17-8-12(20)10-4-5-13(21-3)11(16)7-10/h4-5,7,9H,6,8H2,1-3H3,(H,17,19). The predicted molar refractivity (Wildman–Crippen MR) is 89.3 cm³/mol. The second-order valence-electron chi connectivity index (χ2n) is 5.22. The van der Waals surface area contributed by atoms with Crippen LogP contribution in [-0.2, 0) is 6.42 Å². The summed E-state index contributed by atoms with van der Waals surface area (Å²) in [5.74, 6) is 1.02. The number of nitrogens with one attached hydrogen (secondary N) is 1. The summed E-state index contributed by atoms with van der Waals surface area (Å²) in [6, 6.07) is 4.98. The van der Waals surface area contributed by atoms with Gasteiger partial charge in [-0.25, -0.2) is 0 Å². The van der Waals surface area contributed by atoms with Crippen molar-refractivity contribution in [3.8, 4) is 5.75 Å². The van der Waals surface area contributed by atoms with Crippen molar-refractivity contribution in [2.45, 2.75) is 20.3 Å². The normalized spacial score (nSPS) is 10.8. The second-order valence-corrected chi connectivity index (χ2v) is 6.69. The highest BCUT2D eigenvalue weighted by Gasteiger charge is 2.11. The minimum Gasteiger partial charge on any atom is -0.495 e. The van der Waals surface area contributed by atoms with E-state index in [1.165, 1.54) is 18.4 Å². The van der Waals surface area contributed by atoms with Crippen molar-refractivity contribution >= 4 is 33.9 Å². The summed E-state index contributed by atoms with van der Waals surface area (Å²) in [5.41, 5.74) is 0.533. The number of nitrogens with zero attached hydrogens (tertiary/aromatic N) is 2. The highest BCUT2D eigenvalue weighted by molar-refractivity contribution is 7.15. The molecule has 0 aliphatic heterocycles. The third kappa shape index (κ3) is 4.42. The zero-order valence-corrected chi connectivity index (χ0v) is 14.3. The molecule has 1 heterocycles. The van der Waals surface area contributed by atoms with Crippen LogP contribution >= 0.6 is 22.9 Å². The maximum Gasteiger partial charge on any atom is 0.206 e. The Labute approximate surface area is 138 Å². The van der Waals surface area contributed by atoms with Gasteiger partial charge in [0.1, 0.15) is 10.8 Å². The lowest BCUT2D eigenvalue weighted by Crippen LogP contribution is -2.13. The fourth-order valence-electron chi connectivity index (χ4n) is 1.85. The summed E-state index contributed by atoms with van der Waals surface area (Å²) in [7, 11) is 1.54. The molecule has 22 heavy (non-hydrogen) atoms. The molecular weight excluding hydrogens is 322 g/mol. The van der Waals surface area contributed by atoms with Crippen LogP contribution in [-0.4, -0.2) is 29.6 Å². The van der Waals surface area contributed by atoms with Crippen LogP contribution in [0.4, 0.5) is 5.13 Å². The number of anilines is 1. The van der Waals surface area contributed by atoms with Crippen LogP contribution in [0.2, 0.25) is 5.02 Å². The van der Waals surface area contributed by atoms with Crippen molar-refractivity contribution in [2.75, 3.05) is 19.0 Å². The van der Waals surface area contributed by atoms with Crippen LogP contribution in [0.15, 0.2) is 18.2 Å². The van der Waals surface area contributed by atoms with Gasteiger partial charge in [0, 0.05) is 12.0 Å². The lowest BCUT2D eigenvalue weighted by Gasteiger charge is -2.06. The molecule has 0 bridgehead atoms. The molecule has 0 fully saturated rings. The third-order valence-electron chi connectivity index (χ3n) is 2.92. The number of hydrogen-bond acceptors (Lipinski definition) is 6. The van der Waals surface area contributed by atoms with Gasteiger partial charge in [-0.2, -0.15) is 0 Å². The molecule has 2 aromatic rings. The number of benzene rings is 1. The minimum absolute atomic E-state index is 0.0647. The molecule has 7 heteroatoms. The molecule has 0 unspecified atom stereocenters. The molecule has 0 aliphatic carbocycles. The summed E-state index contributed by atoms with van der Waals surface area (Å²) in [6.07, 6.45) is 0.890. The summed E-state index contributed by atoms with van der Waals surface area (Å²) >= 11 is 7.50. The number of halogens is 1. The molecule has 0 saturated carbocycles. The van der Waals surface area contributed by atoms with E-state index in [2.05, 4.69) is 29.4 Å². The summed E-state index contributed by atoms with van der Waals surface area (Å²) in [4.78, 5) is 12.1. The summed E-state index contributed by atoms with van der Waals surface area (Å²) < 4.78 is 5.07. The minimum atomic E-state index is -0.0647. The van der Waals surface area contributed by atoms with E-state index in [0.717, 1.165) is 11.4 Å². The van der Waals surface area contributed by atoms with E-state index in [1.54, 1.807) is 18.2 Å². The van der Waals surface area contributed by atoms with Gasteiger partial charge in [0.05, 0.1) is 18.7 Å². The first-order valence-corrected chi connectivity index (χ1v) is 8.12. The van der Waals surface area contributed by atoms with Crippen molar-refractivity contribution in [1.82, 2.24) is 10.2 Å². The van der Waals surface area contributed by atoms with E-state index < -0.39 is 0 Å². The van der Waals surface area contributed by atoms with Gasteiger partial charge >= 0.3 is 0 Å². The Hall–Kier alpha value is -1.66. The fourth-order valence-corrected chi connectivity index (χ4v) is 3.06. The topological polar surface area (TPSA) is 64.1 Å². The van der Waals surface area contributed by atoms with Gasteiger partial charge in [0.2, 0.25) is 5.13 Å². The van der Waals surface area contributed by atoms with Gasteiger partial charge < -0.3 is 10.1 Å². The number of methoxy groups -OCH3 is 1. The number of ketones is 1. The zero-order chi connectivity index (χ0) is 16.1. The summed E-state index contributed by atoms with van der Waals surface area (Å²) in [5, 5.41) is 13.2. The molecule has 0 amide bonds. The first-order chi connectivity index (χ1) is 10.5. The van der Waals surface area contributed by atoms with Crippen molar-refractivity contribution in [2.24, 2.45) is 5.92 Å². The number of hydrogen-bond donors (Lipinski definition) is 1. The zero-order valence-electron chi connectivity index (χ0n) is 12.7. The van der Waals surface area contributed by atoms with Gasteiger partial charge in [-0.1, -0.05) is 36.8 Å². The summed E-state index contributed by atoms with van der Waals surface area (Å²) in [6.45, 7) is 4.41. The average molecular weight is 340 g/mol. The largest absolute Gasteiger partial charge is 0.495 e. The number of carbonyl (C=O) groups excluding carboxylic acids is 1. The number of carbonyl (C=O) groups is 1. The molecule has 1 aromatic carbocycles. The Morgan fingerprint density at radius 2 is 2.18 bits per heavy atom. The average Bonchev–Trinajstić information content (AvgIpc) is 2.91. The third-order valence-corrected chi connectivity index (χ3v) is 4.12. The van der Waals surface area contributed by atoms with Crippen LogP contribution < -0.4 is 10.1 Å². The SMILES string of the molecule is COc1ccc(C(=O)CNc2nnc(CC(C)C)s2)cc1Cl. The van der Waals surface area contributed by atoms with Gasteiger partial charge in [0.15, 0.2) is 5.78 Å². The highest BCUT2D eigenvalue weighted by atomic mass is 35.5. The van der Waals surface area contributed by atoms with Gasteiger partial charge in [-0.3, -0.25) is 4.79 Å². The number of Topliss-reactive ketones (excluding diaryl/α,β-unsaturated/α-hetero) is 1. The molecule has 0 atom stereocenters. The van der Waals surface area contributed by atoms with E-state index in [4.69, 9.17) is 16.3 Å². The van der Waals surface area contributed by atoms with Crippen molar-refractivity contribution in [1.29, 1.82) is 0 Å². The Bertz CT molecular complexity index is 658. The first kappa shape index (κ1) is 16.7. The molecule has 1 N–H and O–H groups in total. The van der Waals surface area contributed by atoms with E-state index in [1.807, 2.05) is 0 Å². The highest BCUT2D eigenvalue weighted by Crippen LogP contribution is 2.25. The second kappa shape index (κ2) is 7.56. The number of ether oxygens (including phenoxy) is 1. The van der Waals surface area contributed by atoms with Crippen LogP contribution in [0.3, 0.4) is 0 Å². The first-order valence-electron chi connectivity index (χ1n) is 6.92. The molecule has 0 saturated heterocycles. The van der Waals surface area contributed by atoms with Crippen LogP contribution in [0.5, 0.6) is 5.75 Å². The molecule has 0 aliphatic rings. The lowest BCUT2D eigenvalue weighted by atomic mass is 10.1. The fraction of sp³-hybridized carbons (Fsp3) is 0.400. The van der Waals surface area contributed by atoms with Crippen molar-refractivity contribution < 1.29 is 9.53 Å². The number of rotatable bonds is 7. The van der Waals surface area contributed by atoms with Gasteiger partial charge in [-0.15, -0.1) is 10.2 Å². The van der Waals surface area contributed by atoms with Crippen LogP contribution in [0.1, 0.15) is 29.2 Å². The Morgan fingerprint density at radius 3 is 2.82 bits per heavy atom. The van der Waals surface area contributed by atoms with E-state index in [-0.39, 0.29) is 12.3 Å². The van der Waals surface area contributed by atoms with Gasteiger partial charge in [-0.05, 0) is 24.1 Å². The van der Waals surface area contributed by atoms with Crippen molar-refractivity contribution in [3.63, 3.8) is 0 Å².